The Kier molecular flexibility index (Phi) is 22.8. The Balaban J connectivity index is -0.000000174. The first-order valence-electron chi connectivity index (χ1n) is 10.8. The van der Waals surface area contributed by atoms with Gasteiger partial charge in [0.05, 0.1) is 0 Å². The number of aliphatic carboxylic acids is 3. The molecular weight excluding hydrogens is 593 g/mol. The molecule has 0 saturated heterocycles. The van der Waals surface area contributed by atoms with Crippen LogP contribution in [0.2, 0.25) is 0 Å². The molecular formula is C24H45BiO6. The quantitative estimate of drug-likeness (QED) is 0.358. The van der Waals surface area contributed by atoms with E-state index in [0.717, 1.165) is 38.5 Å². The van der Waals surface area contributed by atoms with E-state index in [0.29, 0.717) is 0 Å². The Hall–Kier alpha value is -0.707. The van der Waals surface area contributed by atoms with E-state index in [1.807, 2.05) is 0 Å². The van der Waals surface area contributed by atoms with E-state index >= 15 is 0 Å². The summed E-state index contributed by atoms with van der Waals surface area (Å²) in [4.78, 5) is 29.9. The smallest absolute Gasteiger partial charge is 0.550 e. The average molecular weight is 639 g/mol. The molecule has 2 radical (unpaired) electrons. The molecule has 0 rings (SSSR count). The fourth-order valence-corrected chi connectivity index (χ4v) is 2.29. The van der Waals surface area contributed by atoms with Crippen LogP contribution in [0.25, 0.3) is 0 Å². The third kappa shape index (κ3) is 53.0. The number of hydrogen-bond acceptors (Lipinski definition) is 6. The molecule has 7 heteroatoms. The van der Waals surface area contributed by atoms with Gasteiger partial charge in [-0.25, -0.2) is 0 Å². The molecule has 0 amide bonds. The van der Waals surface area contributed by atoms with Crippen molar-refractivity contribution in [1.29, 1.82) is 0 Å². The third-order valence-electron chi connectivity index (χ3n) is 3.92. The van der Waals surface area contributed by atoms with Gasteiger partial charge in [0.15, 0.2) is 0 Å². The van der Waals surface area contributed by atoms with Crippen LogP contribution in [0, 0.1) is 16.2 Å². The standard InChI is InChI=1S/3C8H16O2.Bi/c3*1-8(2,3)6-4-5-7(9)10;/h3*4-6H2,1-3H3,(H,9,10);/q;;;+3/p-3. The zero-order valence-corrected chi connectivity index (χ0v) is 24.7. The SMILES string of the molecule is CC(C)(C)CCCC(=O)[O-].CC(C)(C)CCCC(=O)[O-].CC(C)(C)CCCC(=O)[O-].[Bi+3]. The first-order valence-corrected chi connectivity index (χ1v) is 10.8. The predicted octanol–water partition coefficient (Wildman–Crippen LogP) is 2.48. The number of hydrogen-bond donors (Lipinski definition) is 0. The molecule has 0 bridgehead atoms. The zero-order valence-electron chi connectivity index (χ0n) is 21.3. The van der Waals surface area contributed by atoms with E-state index < -0.39 is 17.9 Å². The van der Waals surface area contributed by atoms with Crippen molar-refractivity contribution in [3.05, 3.63) is 0 Å². The molecule has 0 aromatic rings. The van der Waals surface area contributed by atoms with Crippen molar-refractivity contribution >= 4 is 44.1 Å². The number of carboxylic acid groups (broad SMARTS) is 3. The van der Waals surface area contributed by atoms with Gasteiger partial charge in [0.2, 0.25) is 0 Å². The zero-order chi connectivity index (χ0) is 24.6. The molecule has 0 saturated carbocycles. The minimum Gasteiger partial charge on any atom is -0.550 e. The van der Waals surface area contributed by atoms with E-state index in [9.17, 15) is 29.7 Å². The monoisotopic (exact) mass is 638 g/mol. The first kappa shape index (κ1) is 37.6. The van der Waals surface area contributed by atoms with E-state index in [-0.39, 0.29) is 61.7 Å². The van der Waals surface area contributed by atoms with Crippen molar-refractivity contribution < 1.29 is 29.7 Å². The van der Waals surface area contributed by atoms with Gasteiger partial charge in [-0.15, -0.1) is 0 Å². The topological polar surface area (TPSA) is 120 Å². The van der Waals surface area contributed by atoms with E-state index in [2.05, 4.69) is 62.3 Å². The van der Waals surface area contributed by atoms with Crippen molar-refractivity contribution in [2.45, 2.75) is 120 Å². The summed E-state index contributed by atoms with van der Waals surface area (Å²) in [6.45, 7) is 18.9. The molecule has 0 atom stereocenters. The maximum absolute atomic E-state index is 9.97. The first-order chi connectivity index (χ1) is 13.2. The number of carboxylic acids is 3. The molecule has 0 aromatic heterocycles. The fraction of sp³-hybridized carbons (Fsp3) is 0.875. The third-order valence-corrected chi connectivity index (χ3v) is 3.92. The van der Waals surface area contributed by atoms with Crippen LogP contribution in [-0.2, 0) is 14.4 Å². The van der Waals surface area contributed by atoms with Crippen molar-refractivity contribution in [3.63, 3.8) is 0 Å². The van der Waals surface area contributed by atoms with Gasteiger partial charge >= 0.3 is 26.2 Å². The Labute approximate surface area is 209 Å². The predicted molar refractivity (Wildman–Crippen MR) is 121 cm³/mol. The molecule has 0 unspecified atom stereocenters. The molecule has 0 N–H and O–H groups in total. The molecule has 31 heavy (non-hydrogen) atoms. The van der Waals surface area contributed by atoms with Gasteiger partial charge in [-0.2, -0.15) is 0 Å². The van der Waals surface area contributed by atoms with E-state index in [1.54, 1.807) is 0 Å². The van der Waals surface area contributed by atoms with Crippen LogP contribution in [0.4, 0.5) is 0 Å². The van der Waals surface area contributed by atoms with Gasteiger partial charge < -0.3 is 29.7 Å². The van der Waals surface area contributed by atoms with Gasteiger partial charge in [0.1, 0.15) is 0 Å². The molecule has 0 fully saturated rings. The summed E-state index contributed by atoms with van der Waals surface area (Å²) in [6, 6.07) is 0. The molecule has 0 aromatic carbocycles. The molecule has 0 heterocycles. The van der Waals surface area contributed by atoms with Crippen LogP contribution in [-0.4, -0.2) is 44.1 Å². The van der Waals surface area contributed by atoms with Crippen LogP contribution in [0.15, 0.2) is 0 Å². The second-order valence-electron chi connectivity index (χ2n) is 11.4. The van der Waals surface area contributed by atoms with Crippen molar-refractivity contribution in [3.8, 4) is 0 Å². The molecule has 0 aliphatic heterocycles. The Morgan fingerprint density at radius 1 is 0.484 bits per heavy atom. The Morgan fingerprint density at radius 2 is 0.645 bits per heavy atom. The summed E-state index contributed by atoms with van der Waals surface area (Å²) >= 11 is 0. The van der Waals surface area contributed by atoms with Crippen LogP contribution in [0.1, 0.15) is 120 Å². The average Bonchev–Trinajstić information content (AvgIpc) is 2.42. The summed E-state index contributed by atoms with van der Waals surface area (Å²) in [6.07, 6.45) is 5.60. The summed E-state index contributed by atoms with van der Waals surface area (Å²) in [5, 5.41) is 29.9. The fourth-order valence-electron chi connectivity index (χ4n) is 2.29. The number of carbonyl (C=O) groups is 3. The van der Waals surface area contributed by atoms with Gasteiger partial charge in [-0.05, 0) is 74.0 Å². The van der Waals surface area contributed by atoms with Gasteiger partial charge in [-0.3, -0.25) is 0 Å². The van der Waals surface area contributed by atoms with E-state index in [4.69, 9.17) is 0 Å². The summed E-state index contributed by atoms with van der Waals surface area (Å²) in [5.41, 5.74) is 0.736. The maximum atomic E-state index is 9.97. The van der Waals surface area contributed by atoms with Gasteiger partial charge in [0, 0.05) is 17.9 Å². The summed E-state index contributed by atoms with van der Waals surface area (Å²) in [7, 11) is 0. The minimum absolute atomic E-state index is 0. The number of carbonyl (C=O) groups excluding carboxylic acids is 3. The normalized spacial score (nSPS) is 11.1. The van der Waals surface area contributed by atoms with E-state index in [1.165, 1.54) is 0 Å². The summed E-state index contributed by atoms with van der Waals surface area (Å²) in [5.74, 6) is -2.82. The van der Waals surface area contributed by atoms with Crippen LogP contribution < -0.4 is 15.3 Å². The number of rotatable bonds is 9. The van der Waals surface area contributed by atoms with Crippen molar-refractivity contribution in [2.75, 3.05) is 0 Å². The Morgan fingerprint density at radius 3 is 0.742 bits per heavy atom. The van der Waals surface area contributed by atoms with Crippen molar-refractivity contribution in [1.82, 2.24) is 0 Å². The van der Waals surface area contributed by atoms with Crippen LogP contribution in [0.5, 0.6) is 0 Å². The Bertz CT molecular complexity index is 410. The van der Waals surface area contributed by atoms with Crippen molar-refractivity contribution in [2.24, 2.45) is 16.2 Å². The largest absolute Gasteiger partial charge is 3.00 e. The molecule has 0 spiro atoms. The van der Waals surface area contributed by atoms with Crippen LogP contribution >= 0.6 is 0 Å². The van der Waals surface area contributed by atoms with Gasteiger partial charge in [0.25, 0.3) is 0 Å². The molecule has 0 aliphatic rings. The molecule has 0 aliphatic carbocycles. The molecule has 6 nitrogen and oxygen atoms in total. The van der Waals surface area contributed by atoms with Gasteiger partial charge in [-0.1, -0.05) is 62.3 Å². The second kappa shape index (κ2) is 18.8. The maximum Gasteiger partial charge on any atom is 3.00 e. The summed E-state index contributed by atoms with van der Waals surface area (Å²) < 4.78 is 0. The second-order valence-corrected chi connectivity index (χ2v) is 11.4. The minimum atomic E-state index is -0.941. The van der Waals surface area contributed by atoms with Crippen LogP contribution in [0.3, 0.4) is 0 Å². The molecule has 182 valence electrons.